The van der Waals surface area contributed by atoms with E-state index in [0.29, 0.717) is 39.3 Å². The number of methoxy groups -OCH3 is 3. The topological polar surface area (TPSA) is 98.8 Å². The van der Waals surface area contributed by atoms with Crippen molar-refractivity contribution < 1.29 is 23.8 Å². The lowest BCUT2D eigenvalue weighted by molar-refractivity contribution is -0.115. The SMILES string of the molecule is COc1ccc(NC(=O)Cc2csc(NC(=O)c3cc(OC)cc(OC)c3)n2)cc1. The third kappa shape index (κ3) is 5.48. The van der Waals surface area contributed by atoms with E-state index in [0.717, 1.165) is 0 Å². The van der Waals surface area contributed by atoms with Crippen molar-refractivity contribution in [3.05, 3.63) is 59.1 Å². The van der Waals surface area contributed by atoms with E-state index in [-0.39, 0.29) is 18.2 Å². The molecule has 0 aliphatic heterocycles. The summed E-state index contributed by atoms with van der Waals surface area (Å²) in [6.45, 7) is 0. The van der Waals surface area contributed by atoms with Gasteiger partial charge in [-0.25, -0.2) is 4.98 Å². The highest BCUT2D eigenvalue weighted by Gasteiger charge is 2.13. The van der Waals surface area contributed by atoms with Crippen molar-refractivity contribution in [1.29, 1.82) is 0 Å². The van der Waals surface area contributed by atoms with Gasteiger partial charge in [0.1, 0.15) is 17.2 Å². The Labute approximate surface area is 177 Å². The van der Waals surface area contributed by atoms with Gasteiger partial charge in [0.25, 0.3) is 5.91 Å². The molecule has 0 aliphatic carbocycles. The minimum atomic E-state index is -0.351. The highest BCUT2D eigenvalue weighted by molar-refractivity contribution is 7.14. The summed E-state index contributed by atoms with van der Waals surface area (Å²) in [5, 5.41) is 7.66. The average molecular weight is 427 g/mol. The van der Waals surface area contributed by atoms with Crippen molar-refractivity contribution in [2.75, 3.05) is 32.0 Å². The summed E-state index contributed by atoms with van der Waals surface area (Å²) in [7, 11) is 4.61. The molecule has 2 N–H and O–H groups in total. The molecule has 1 aromatic heterocycles. The van der Waals surface area contributed by atoms with Crippen LogP contribution in [0.1, 0.15) is 16.1 Å². The fourth-order valence-corrected chi connectivity index (χ4v) is 3.30. The van der Waals surface area contributed by atoms with Gasteiger partial charge in [0, 0.05) is 22.7 Å². The van der Waals surface area contributed by atoms with E-state index >= 15 is 0 Å². The summed E-state index contributed by atoms with van der Waals surface area (Å²) in [5.74, 6) is 1.17. The number of benzene rings is 2. The highest BCUT2D eigenvalue weighted by Crippen LogP contribution is 2.24. The molecule has 0 fully saturated rings. The van der Waals surface area contributed by atoms with Crippen LogP contribution in [-0.4, -0.2) is 38.1 Å². The largest absolute Gasteiger partial charge is 0.497 e. The van der Waals surface area contributed by atoms with Crippen molar-refractivity contribution in [1.82, 2.24) is 4.98 Å². The third-order valence-electron chi connectivity index (χ3n) is 4.10. The molecule has 0 unspecified atom stereocenters. The number of thiazole rings is 1. The Kier molecular flexibility index (Phi) is 6.87. The van der Waals surface area contributed by atoms with E-state index in [4.69, 9.17) is 14.2 Å². The standard InChI is InChI=1S/C21H21N3O5S/c1-27-16-6-4-14(5-7-16)22-19(25)10-15-12-30-21(23-15)24-20(26)13-8-17(28-2)11-18(9-13)29-3/h4-9,11-12H,10H2,1-3H3,(H,22,25)(H,23,24,26). The second-order valence-electron chi connectivity index (χ2n) is 6.15. The monoisotopic (exact) mass is 427 g/mol. The quantitative estimate of drug-likeness (QED) is 0.570. The van der Waals surface area contributed by atoms with Gasteiger partial charge in [-0.05, 0) is 36.4 Å². The van der Waals surface area contributed by atoms with Gasteiger partial charge < -0.3 is 19.5 Å². The summed E-state index contributed by atoms with van der Waals surface area (Å²) in [6.07, 6.45) is 0.0887. The van der Waals surface area contributed by atoms with Crippen molar-refractivity contribution in [2.24, 2.45) is 0 Å². The molecular weight excluding hydrogens is 406 g/mol. The Bertz CT molecular complexity index is 1010. The molecule has 1 heterocycles. The number of aromatic nitrogens is 1. The summed E-state index contributed by atoms with van der Waals surface area (Å²) >= 11 is 1.24. The number of amides is 2. The molecule has 0 atom stereocenters. The van der Waals surface area contributed by atoms with E-state index in [1.165, 1.54) is 25.6 Å². The molecule has 30 heavy (non-hydrogen) atoms. The van der Waals surface area contributed by atoms with Gasteiger partial charge in [0.15, 0.2) is 5.13 Å². The second kappa shape index (κ2) is 9.75. The van der Waals surface area contributed by atoms with Crippen LogP contribution in [0.25, 0.3) is 0 Å². The molecule has 0 radical (unpaired) electrons. The van der Waals surface area contributed by atoms with E-state index in [2.05, 4.69) is 15.6 Å². The Balaban J connectivity index is 1.60. The zero-order valence-electron chi connectivity index (χ0n) is 16.7. The number of hydrogen-bond acceptors (Lipinski definition) is 7. The van der Waals surface area contributed by atoms with Crippen molar-refractivity contribution >= 4 is 34.0 Å². The maximum absolute atomic E-state index is 12.5. The number of nitrogens with zero attached hydrogens (tertiary/aromatic N) is 1. The Morgan fingerprint density at radius 1 is 0.900 bits per heavy atom. The first-order valence-corrected chi connectivity index (χ1v) is 9.81. The smallest absolute Gasteiger partial charge is 0.257 e. The van der Waals surface area contributed by atoms with Crippen molar-refractivity contribution in [2.45, 2.75) is 6.42 Å². The lowest BCUT2D eigenvalue weighted by atomic mass is 10.2. The molecule has 0 aliphatic rings. The van der Waals surface area contributed by atoms with E-state index in [1.54, 1.807) is 55.0 Å². The second-order valence-corrected chi connectivity index (χ2v) is 7.01. The maximum atomic E-state index is 12.5. The van der Waals surface area contributed by atoms with Gasteiger partial charge in [-0.15, -0.1) is 11.3 Å². The summed E-state index contributed by atoms with van der Waals surface area (Å²) in [5.41, 5.74) is 1.60. The zero-order valence-corrected chi connectivity index (χ0v) is 17.5. The Hall–Kier alpha value is -3.59. The molecule has 0 saturated heterocycles. The van der Waals surface area contributed by atoms with Crippen LogP contribution in [0.4, 0.5) is 10.8 Å². The van der Waals surface area contributed by atoms with Gasteiger partial charge in [-0.1, -0.05) is 0 Å². The highest BCUT2D eigenvalue weighted by atomic mass is 32.1. The third-order valence-corrected chi connectivity index (χ3v) is 4.91. The lowest BCUT2D eigenvalue weighted by Crippen LogP contribution is -2.15. The average Bonchev–Trinajstić information content (AvgIpc) is 3.20. The minimum Gasteiger partial charge on any atom is -0.497 e. The Morgan fingerprint density at radius 3 is 2.13 bits per heavy atom. The molecule has 3 rings (SSSR count). The van der Waals surface area contributed by atoms with Crippen LogP contribution >= 0.6 is 11.3 Å². The van der Waals surface area contributed by atoms with Crippen LogP contribution in [0.5, 0.6) is 17.2 Å². The van der Waals surface area contributed by atoms with Gasteiger partial charge in [-0.2, -0.15) is 0 Å². The lowest BCUT2D eigenvalue weighted by Gasteiger charge is -2.08. The minimum absolute atomic E-state index is 0.0887. The first kappa shape index (κ1) is 21.1. The summed E-state index contributed by atoms with van der Waals surface area (Å²) in [4.78, 5) is 29.1. The maximum Gasteiger partial charge on any atom is 0.257 e. The number of carbonyl (C=O) groups excluding carboxylic acids is 2. The molecule has 0 saturated carbocycles. The van der Waals surface area contributed by atoms with Gasteiger partial charge in [0.05, 0.1) is 33.4 Å². The van der Waals surface area contributed by atoms with Crippen molar-refractivity contribution in [3.63, 3.8) is 0 Å². The van der Waals surface area contributed by atoms with Gasteiger partial charge in [-0.3, -0.25) is 14.9 Å². The van der Waals surface area contributed by atoms with Crippen LogP contribution < -0.4 is 24.8 Å². The first-order chi connectivity index (χ1) is 14.5. The van der Waals surface area contributed by atoms with Gasteiger partial charge >= 0.3 is 0 Å². The molecule has 156 valence electrons. The summed E-state index contributed by atoms with van der Waals surface area (Å²) < 4.78 is 15.5. The van der Waals surface area contributed by atoms with Crippen molar-refractivity contribution in [3.8, 4) is 17.2 Å². The van der Waals surface area contributed by atoms with Crippen LogP contribution in [-0.2, 0) is 11.2 Å². The number of ether oxygens (including phenoxy) is 3. The van der Waals surface area contributed by atoms with Crippen LogP contribution in [0.2, 0.25) is 0 Å². The van der Waals surface area contributed by atoms with Crippen LogP contribution in [0, 0.1) is 0 Å². The number of rotatable bonds is 8. The van der Waals surface area contributed by atoms with Crippen LogP contribution in [0.15, 0.2) is 47.8 Å². The van der Waals surface area contributed by atoms with E-state index in [1.807, 2.05) is 0 Å². The number of nitrogens with one attached hydrogen (secondary N) is 2. The molecule has 2 amide bonds. The number of hydrogen-bond donors (Lipinski definition) is 2. The van der Waals surface area contributed by atoms with E-state index in [9.17, 15) is 9.59 Å². The molecule has 2 aromatic carbocycles. The predicted molar refractivity (Wildman–Crippen MR) is 115 cm³/mol. The summed E-state index contributed by atoms with van der Waals surface area (Å²) in [6, 6.07) is 11.9. The molecular formula is C21H21N3O5S. The van der Waals surface area contributed by atoms with Crippen LogP contribution in [0.3, 0.4) is 0 Å². The molecule has 8 nitrogen and oxygen atoms in total. The normalized spacial score (nSPS) is 10.2. The molecule has 0 spiro atoms. The Morgan fingerprint density at radius 2 is 1.53 bits per heavy atom. The van der Waals surface area contributed by atoms with E-state index < -0.39 is 0 Å². The number of anilines is 2. The molecule has 0 bridgehead atoms. The predicted octanol–water partition coefficient (Wildman–Crippen LogP) is 3.60. The zero-order chi connectivity index (χ0) is 21.5. The fourth-order valence-electron chi connectivity index (χ4n) is 2.60. The van der Waals surface area contributed by atoms with Gasteiger partial charge in [0.2, 0.25) is 5.91 Å². The number of carbonyl (C=O) groups is 2. The fraction of sp³-hybridized carbons (Fsp3) is 0.190. The molecule has 3 aromatic rings. The first-order valence-electron chi connectivity index (χ1n) is 8.93. The molecule has 9 heteroatoms.